The summed E-state index contributed by atoms with van der Waals surface area (Å²) in [5, 5.41) is 18.1. The number of halogens is 2. The monoisotopic (exact) mass is 329 g/mol. The lowest BCUT2D eigenvalue weighted by atomic mass is 10.1. The summed E-state index contributed by atoms with van der Waals surface area (Å²) in [7, 11) is 0. The summed E-state index contributed by atoms with van der Waals surface area (Å²) < 4.78 is 0.821. The van der Waals surface area contributed by atoms with Gasteiger partial charge in [-0.1, -0.05) is 13.0 Å². The van der Waals surface area contributed by atoms with Crippen LogP contribution in [-0.4, -0.2) is 10.3 Å². The molecule has 80 valence electrons. The number of phenols is 1. The van der Waals surface area contributed by atoms with Crippen molar-refractivity contribution in [3.63, 3.8) is 0 Å². The molecule has 0 heterocycles. The summed E-state index contributed by atoms with van der Waals surface area (Å²) in [6.45, 7) is 2.33. The first-order valence-electron chi connectivity index (χ1n) is 4.06. The van der Waals surface area contributed by atoms with Crippen molar-refractivity contribution in [2.45, 2.75) is 19.9 Å². The predicted molar refractivity (Wildman–Crippen MR) is 66.1 cm³/mol. The smallest absolute Gasteiger partial charge is 0.133 e. The van der Waals surface area contributed by atoms with E-state index in [0.717, 1.165) is 21.1 Å². The normalized spacial score (nSPS) is 9.64. The second-order valence-electron chi connectivity index (χ2n) is 2.77. The van der Waals surface area contributed by atoms with E-state index < -0.39 is 0 Å². The Morgan fingerprint density at radius 1 is 1.43 bits per heavy atom. The van der Waals surface area contributed by atoms with Crippen molar-refractivity contribution in [3.05, 3.63) is 26.8 Å². The van der Waals surface area contributed by atoms with Crippen molar-refractivity contribution in [1.82, 2.24) is 5.48 Å². The Morgan fingerprint density at radius 3 is 2.57 bits per heavy atom. The van der Waals surface area contributed by atoms with E-state index in [0.29, 0.717) is 0 Å². The lowest BCUT2D eigenvalue weighted by molar-refractivity contribution is 0.160. The van der Waals surface area contributed by atoms with E-state index >= 15 is 0 Å². The van der Waals surface area contributed by atoms with Crippen molar-refractivity contribution >= 4 is 35.0 Å². The van der Waals surface area contributed by atoms with Gasteiger partial charge in [0.1, 0.15) is 5.75 Å². The van der Waals surface area contributed by atoms with E-state index in [-0.39, 0.29) is 24.7 Å². The molecule has 1 rings (SSSR count). The number of phenolic OH excluding ortho intramolecular Hbond substituents is 1. The van der Waals surface area contributed by atoms with Crippen LogP contribution in [0, 0.1) is 3.57 Å². The largest absolute Gasteiger partial charge is 0.507 e. The molecule has 14 heavy (non-hydrogen) atoms. The number of benzene rings is 1. The number of aromatic hydroxyl groups is 1. The molecule has 0 aliphatic heterocycles. The van der Waals surface area contributed by atoms with Crippen LogP contribution in [0.2, 0.25) is 0 Å². The van der Waals surface area contributed by atoms with E-state index in [4.69, 9.17) is 5.21 Å². The highest BCUT2D eigenvalue weighted by molar-refractivity contribution is 14.1. The van der Waals surface area contributed by atoms with Gasteiger partial charge in [0.05, 0.1) is 3.57 Å². The summed E-state index contributed by atoms with van der Waals surface area (Å²) in [5.41, 5.74) is 3.93. The molecule has 0 saturated carbocycles. The quantitative estimate of drug-likeness (QED) is 0.590. The maximum absolute atomic E-state index is 9.59. The molecular weight excluding hydrogens is 316 g/mol. The van der Waals surface area contributed by atoms with E-state index in [1.54, 1.807) is 0 Å². The van der Waals surface area contributed by atoms with Gasteiger partial charge in [0, 0.05) is 12.1 Å². The molecule has 0 aromatic heterocycles. The van der Waals surface area contributed by atoms with Crippen molar-refractivity contribution in [1.29, 1.82) is 0 Å². The van der Waals surface area contributed by atoms with Gasteiger partial charge in [0.25, 0.3) is 0 Å². The topological polar surface area (TPSA) is 52.5 Å². The second kappa shape index (κ2) is 6.44. The van der Waals surface area contributed by atoms with Gasteiger partial charge >= 0.3 is 0 Å². The second-order valence-corrected chi connectivity index (χ2v) is 3.94. The molecule has 0 radical (unpaired) electrons. The molecule has 0 bridgehead atoms. The lowest BCUT2D eigenvalue weighted by Crippen LogP contribution is -2.07. The third-order valence-corrected chi connectivity index (χ3v) is 2.70. The van der Waals surface area contributed by atoms with Gasteiger partial charge in [-0.2, -0.15) is 0 Å². The Bertz CT molecular complexity index is 307. The molecule has 3 nitrogen and oxygen atoms in total. The first kappa shape index (κ1) is 14.0. The minimum Gasteiger partial charge on any atom is -0.507 e. The molecule has 1 aromatic rings. The van der Waals surface area contributed by atoms with E-state index in [1.165, 1.54) is 0 Å². The van der Waals surface area contributed by atoms with Gasteiger partial charge in [-0.05, 0) is 40.6 Å². The third-order valence-electron chi connectivity index (χ3n) is 1.88. The number of hydrogen-bond acceptors (Lipinski definition) is 3. The molecule has 0 amide bonds. The fourth-order valence-corrected chi connectivity index (χ4v) is 1.89. The SMILES string of the molecule is CCc1cc(I)c(O)c(CNO)c1.Cl. The van der Waals surface area contributed by atoms with E-state index in [1.807, 2.05) is 17.6 Å². The first-order valence-corrected chi connectivity index (χ1v) is 5.14. The van der Waals surface area contributed by atoms with Gasteiger partial charge in [-0.25, -0.2) is 5.48 Å². The van der Waals surface area contributed by atoms with Crippen LogP contribution in [0.5, 0.6) is 5.75 Å². The van der Waals surface area contributed by atoms with Gasteiger partial charge < -0.3 is 10.3 Å². The van der Waals surface area contributed by atoms with Crippen LogP contribution in [0.25, 0.3) is 0 Å². The zero-order valence-electron chi connectivity index (χ0n) is 7.75. The third kappa shape index (κ3) is 3.27. The lowest BCUT2D eigenvalue weighted by Gasteiger charge is -2.07. The molecule has 5 heteroatoms. The van der Waals surface area contributed by atoms with Crippen LogP contribution in [-0.2, 0) is 13.0 Å². The van der Waals surface area contributed by atoms with Gasteiger partial charge in [0.15, 0.2) is 0 Å². The van der Waals surface area contributed by atoms with Gasteiger partial charge in [-0.15, -0.1) is 12.4 Å². The Kier molecular flexibility index (Phi) is 6.43. The average molecular weight is 330 g/mol. The summed E-state index contributed by atoms with van der Waals surface area (Å²) in [6.07, 6.45) is 0.925. The fraction of sp³-hybridized carbons (Fsp3) is 0.333. The molecule has 0 unspecified atom stereocenters. The molecule has 0 spiro atoms. The Balaban J connectivity index is 0.00000169. The van der Waals surface area contributed by atoms with Crippen LogP contribution in [0.1, 0.15) is 18.1 Å². The number of rotatable bonds is 3. The van der Waals surface area contributed by atoms with Crippen LogP contribution in [0.3, 0.4) is 0 Å². The molecular formula is C9H13ClINO2. The van der Waals surface area contributed by atoms with E-state index in [2.05, 4.69) is 29.5 Å². The summed E-state index contributed by atoms with van der Waals surface area (Å²) in [5.74, 6) is 0.249. The Morgan fingerprint density at radius 2 is 2.07 bits per heavy atom. The van der Waals surface area contributed by atoms with Crippen LogP contribution < -0.4 is 5.48 Å². The fourth-order valence-electron chi connectivity index (χ4n) is 1.14. The maximum atomic E-state index is 9.59. The molecule has 0 saturated heterocycles. The minimum atomic E-state index is 0. The predicted octanol–water partition coefficient (Wildman–Crippen LogP) is 2.46. The number of aryl methyl sites for hydroxylation is 1. The average Bonchev–Trinajstić information content (AvgIpc) is 2.13. The van der Waals surface area contributed by atoms with Gasteiger partial charge in [-0.3, -0.25) is 0 Å². The molecule has 0 atom stereocenters. The number of nitrogens with one attached hydrogen (secondary N) is 1. The highest BCUT2D eigenvalue weighted by atomic mass is 127. The van der Waals surface area contributed by atoms with Crippen molar-refractivity contribution < 1.29 is 10.3 Å². The zero-order valence-corrected chi connectivity index (χ0v) is 10.7. The zero-order chi connectivity index (χ0) is 9.84. The number of hydroxylamine groups is 1. The molecule has 0 aliphatic rings. The summed E-state index contributed by atoms with van der Waals surface area (Å²) in [4.78, 5) is 0. The maximum Gasteiger partial charge on any atom is 0.133 e. The number of hydrogen-bond donors (Lipinski definition) is 3. The highest BCUT2D eigenvalue weighted by Crippen LogP contribution is 2.26. The van der Waals surface area contributed by atoms with E-state index in [9.17, 15) is 5.11 Å². The Hall–Kier alpha value is -0.0400. The summed E-state index contributed by atoms with van der Waals surface area (Å²) in [6, 6.07) is 3.83. The standard InChI is InChI=1S/C9H12INO2.ClH/c1-2-6-3-7(5-11-13)9(12)8(10)4-6;/h3-4,11-13H,2,5H2,1H3;1H. The van der Waals surface area contributed by atoms with Crippen molar-refractivity contribution in [2.24, 2.45) is 0 Å². The van der Waals surface area contributed by atoms with Crippen LogP contribution >= 0.6 is 35.0 Å². The molecule has 3 N–H and O–H groups in total. The van der Waals surface area contributed by atoms with Crippen molar-refractivity contribution in [2.75, 3.05) is 0 Å². The highest BCUT2D eigenvalue weighted by Gasteiger charge is 2.06. The Labute approximate surface area is 103 Å². The molecule has 0 fully saturated rings. The first-order chi connectivity index (χ1) is 6.19. The van der Waals surface area contributed by atoms with Gasteiger partial charge in [0.2, 0.25) is 0 Å². The molecule has 0 aliphatic carbocycles. The van der Waals surface area contributed by atoms with Crippen LogP contribution in [0.15, 0.2) is 12.1 Å². The van der Waals surface area contributed by atoms with Crippen LogP contribution in [0.4, 0.5) is 0 Å². The molecule has 1 aromatic carbocycles. The minimum absolute atomic E-state index is 0. The summed E-state index contributed by atoms with van der Waals surface area (Å²) >= 11 is 2.08. The van der Waals surface area contributed by atoms with Crippen molar-refractivity contribution in [3.8, 4) is 5.75 Å².